The van der Waals surface area contributed by atoms with Gasteiger partial charge in [0.05, 0.1) is 11.3 Å². The summed E-state index contributed by atoms with van der Waals surface area (Å²) >= 11 is 1.20. The fourth-order valence-corrected chi connectivity index (χ4v) is 2.96. The van der Waals surface area contributed by atoms with Crippen LogP contribution in [0.4, 0.5) is 5.13 Å². The van der Waals surface area contributed by atoms with E-state index in [1.807, 2.05) is 12.1 Å². The third kappa shape index (κ3) is 3.92. The number of para-hydroxylation sites is 1. The molecule has 0 unspecified atom stereocenters. The van der Waals surface area contributed by atoms with Crippen molar-refractivity contribution in [3.63, 3.8) is 0 Å². The zero-order chi connectivity index (χ0) is 17.8. The second kappa shape index (κ2) is 7.27. The number of nitrogens with zero attached hydrogens (tertiary/aromatic N) is 1. The van der Waals surface area contributed by atoms with Crippen molar-refractivity contribution in [2.75, 3.05) is 12.4 Å². The molecule has 25 heavy (non-hydrogen) atoms. The predicted molar refractivity (Wildman–Crippen MR) is 95.5 cm³/mol. The van der Waals surface area contributed by atoms with Crippen molar-refractivity contribution in [3.8, 4) is 11.3 Å². The van der Waals surface area contributed by atoms with Gasteiger partial charge in [0.15, 0.2) is 5.13 Å². The average molecular weight is 357 g/mol. The van der Waals surface area contributed by atoms with Gasteiger partial charge in [-0.3, -0.25) is 9.59 Å². The first-order valence-electron chi connectivity index (χ1n) is 7.56. The molecule has 3 aromatic rings. The minimum Gasteiger partial charge on any atom is -0.422 e. The van der Waals surface area contributed by atoms with E-state index in [4.69, 9.17) is 4.42 Å². The molecule has 2 heterocycles. The first-order valence-corrected chi connectivity index (χ1v) is 8.44. The fourth-order valence-electron chi connectivity index (χ4n) is 2.23. The largest absolute Gasteiger partial charge is 0.422 e. The quantitative estimate of drug-likeness (QED) is 0.683. The number of anilines is 1. The van der Waals surface area contributed by atoms with E-state index in [2.05, 4.69) is 15.6 Å². The molecule has 0 aliphatic rings. The number of hydrogen-bond acceptors (Lipinski definition) is 6. The summed E-state index contributed by atoms with van der Waals surface area (Å²) in [5, 5.41) is 7.91. The molecule has 0 fully saturated rings. The number of thiazole rings is 1. The lowest BCUT2D eigenvalue weighted by Crippen LogP contribution is -2.20. The fraction of sp³-hybridized carbons (Fsp3) is 0.176. The number of carbonyl (C=O) groups excluding carboxylic acids is 2. The summed E-state index contributed by atoms with van der Waals surface area (Å²) in [5.41, 5.74) is 0.794. The molecule has 0 atom stereocenters. The maximum atomic E-state index is 12.1. The number of fused-ring (bicyclic) bond motifs is 1. The Morgan fingerprint density at radius 3 is 2.76 bits per heavy atom. The van der Waals surface area contributed by atoms with Crippen LogP contribution in [-0.4, -0.2) is 23.8 Å². The summed E-state index contributed by atoms with van der Waals surface area (Å²) in [6.07, 6.45) is 0.168. The third-order valence-electron chi connectivity index (χ3n) is 3.53. The zero-order valence-corrected chi connectivity index (χ0v) is 14.2. The topological polar surface area (TPSA) is 101 Å². The van der Waals surface area contributed by atoms with Gasteiger partial charge in [-0.1, -0.05) is 18.2 Å². The van der Waals surface area contributed by atoms with E-state index in [0.29, 0.717) is 22.0 Å². The van der Waals surface area contributed by atoms with Gasteiger partial charge in [-0.05, 0) is 12.1 Å². The van der Waals surface area contributed by atoms with Gasteiger partial charge in [0, 0.05) is 30.7 Å². The Morgan fingerprint density at radius 1 is 1.20 bits per heavy atom. The van der Waals surface area contributed by atoms with Crippen molar-refractivity contribution in [1.82, 2.24) is 10.3 Å². The average Bonchev–Trinajstić information content (AvgIpc) is 3.07. The molecule has 0 saturated heterocycles. The van der Waals surface area contributed by atoms with E-state index in [1.54, 1.807) is 23.6 Å². The summed E-state index contributed by atoms with van der Waals surface area (Å²) < 4.78 is 5.29. The van der Waals surface area contributed by atoms with Gasteiger partial charge in [0.25, 0.3) is 0 Å². The van der Waals surface area contributed by atoms with Crippen LogP contribution in [0.1, 0.15) is 12.8 Å². The molecule has 0 saturated carbocycles. The van der Waals surface area contributed by atoms with Crippen LogP contribution in [0.15, 0.2) is 44.9 Å². The number of aromatic nitrogens is 1. The van der Waals surface area contributed by atoms with Crippen molar-refractivity contribution in [1.29, 1.82) is 0 Å². The number of carbonyl (C=O) groups is 2. The summed E-state index contributed by atoms with van der Waals surface area (Å²) in [5.74, 6) is -0.515. The lowest BCUT2D eigenvalue weighted by Gasteiger charge is -2.01. The smallest absolute Gasteiger partial charge is 0.345 e. The monoisotopic (exact) mass is 357 g/mol. The Labute approximate surface area is 146 Å². The maximum Gasteiger partial charge on any atom is 0.345 e. The van der Waals surface area contributed by atoms with Crippen LogP contribution in [0.2, 0.25) is 0 Å². The second-order valence-electron chi connectivity index (χ2n) is 5.24. The molecule has 0 radical (unpaired) electrons. The molecule has 0 spiro atoms. The van der Waals surface area contributed by atoms with Gasteiger partial charge < -0.3 is 15.1 Å². The van der Waals surface area contributed by atoms with Crippen LogP contribution < -0.4 is 16.3 Å². The van der Waals surface area contributed by atoms with Crippen LogP contribution in [0.3, 0.4) is 0 Å². The van der Waals surface area contributed by atoms with E-state index < -0.39 is 5.63 Å². The molecule has 3 rings (SSSR count). The molecule has 2 amide bonds. The van der Waals surface area contributed by atoms with E-state index in [-0.39, 0.29) is 24.7 Å². The standard InChI is InChI=1S/C17H15N3O4S/c1-18-14(21)6-7-15(22)20-17-19-12(9-25-17)11-8-10-4-2-3-5-13(10)24-16(11)23/h2-5,8-9H,6-7H2,1H3,(H,18,21)(H,19,20,22). The normalized spacial score (nSPS) is 10.6. The summed E-state index contributed by atoms with van der Waals surface area (Å²) in [4.78, 5) is 39.4. The Kier molecular flexibility index (Phi) is 4.90. The van der Waals surface area contributed by atoms with E-state index in [1.165, 1.54) is 18.4 Å². The van der Waals surface area contributed by atoms with E-state index in [0.717, 1.165) is 5.39 Å². The van der Waals surface area contributed by atoms with Gasteiger partial charge in [0.1, 0.15) is 5.58 Å². The Hall–Kier alpha value is -3.00. The predicted octanol–water partition coefficient (Wildman–Crippen LogP) is 2.38. The van der Waals surface area contributed by atoms with Gasteiger partial charge in [-0.15, -0.1) is 11.3 Å². The first-order chi connectivity index (χ1) is 12.1. The molecular weight excluding hydrogens is 342 g/mol. The van der Waals surface area contributed by atoms with Crippen molar-refractivity contribution < 1.29 is 14.0 Å². The number of nitrogens with one attached hydrogen (secondary N) is 2. The van der Waals surface area contributed by atoms with Gasteiger partial charge in [0.2, 0.25) is 11.8 Å². The molecule has 128 valence electrons. The van der Waals surface area contributed by atoms with Gasteiger partial charge in [-0.2, -0.15) is 0 Å². The van der Waals surface area contributed by atoms with Crippen LogP contribution in [0, 0.1) is 0 Å². The SMILES string of the molecule is CNC(=O)CCC(=O)Nc1nc(-c2cc3ccccc3oc2=O)cs1. The lowest BCUT2D eigenvalue weighted by atomic mass is 10.1. The molecule has 2 aromatic heterocycles. The number of rotatable bonds is 5. The molecule has 0 bridgehead atoms. The van der Waals surface area contributed by atoms with E-state index in [9.17, 15) is 14.4 Å². The van der Waals surface area contributed by atoms with Crippen molar-refractivity contribution in [2.24, 2.45) is 0 Å². The highest BCUT2D eigenvalue weighted by atomic mass is 32.1. The summed E-state index contributed by atoms with van der Waals surface area (Å²) in [6.45, 7) is 0. The van der Waals surface area contributed by atoms with Crippen molar-refractivity contribution in [3.05, 3.63) is 46.1 Å². The van der Waals surface area contributed by atoms with Crippen molar-refractivity contribution >= 4 is 39.3 Å². The van der Waals surface area contributed by atoms with E-state index >= 15 is 0 Å². The van der Waals surface area contributed by atoms with Gasteiger partial charge in [-0.25, -0.2) is 9.78 Å². The first kappa shape index (κ1) is 16.8. The Morgan fingerprint density at radius 2 is 1.96 bits per heavy atom. The van der Waals surface area contributed by atoms with Gasteiger partial charge >= 0.3 is 5.63 Å². The Bertz CT molecular complexity index is 993. The van der Waals surface area contributed by atoms with Crippen molar-refractivity contribution in [2.45, 2.75) is 12.8 Å². The highest BCUT2D eigenvalue weighted by Gasteiger charge is 2.13. The molecule has 1 aromatic carbocycles. The molecule has 7 nitrogen and oxygen atoms in total. The third-order valence-corrected chi connectivity index (χ3v) is 4.28. The molecule has 2 N–H and O–H groups in total. The summed E-state index contributed by atoms with van der Waals surface area (Å²) in [7, 11) is 1.52. The van der Waals surface area contributed by atoms with Crippen LogP contribution in [0.25, 0.3) is 22.2 Å². The second-order valence-corrected chi connectivity index (χ2v) is 6.10. The minimum absolute atomic E-state index is 0.0622. The summed E-state index contributed by atoms with van der Waals surface area (Å²) in [6, 6.07) is 8.92. The molecule has 8 heteroatoms. The highest BCUT2D eigenvalue weighted by Crippen LogP contribution is 2.25. The number of amides is 2. The number of benzene rings is 1. The lowest BCUT2D eigenvalue weighted by molar-refractivity contribution is -0.124. The molecule has 0 aliphatic carbocycles. The van der Waals surface area contributed by atoms with Crippen LogP contribution in [0.5, 0.6) is 0 Å². The minimum atomic E-state index is -0.485. The number of hydrogen-bond donors (Lipinski definition) is 2. The van der Waals surface area contributed by atoms with Crippen LogP contribution >= 0.6 is 11.3 Å². The zero-order valence-electron chi connectivity index (χ0n) is 13.4. The highest BCUT2D eigenvalue weighted by molar-refractivity contribution is 7.14. The maximum absolute atomic E-state index is 12.1. The molecular formula is C17H15N3O4S. The Balaban J connectivity index is 1.77. The van der Waals surface area contributed by atoms with Crippen LogP contribution in [-0.2, 0) is 9.59 Å². The molecule has 0 aliphatic heterocycles.